The van der Waals surface area contributed by atoms with E-state index in [-0.39, 0.29) is 57.5 Å². The Morgan fingerprint density at radius 2 is 0.896 bits per heavy atom. The first-order chi connectivity index (χ1) is 22.5. The summed E-state index contributed by atoms with van der Waals surface area (Å²) in [6, 6.07) is 3.69. The van der Waals surface area contributed by atoms with Crippen molar-refractivity contribution in [2.75, 3.05) is 54.4 Å². The van der Waals surface area contributed by atoms with Gasteiger partial charge in [0.1, 0.15) is 11.5 Å². The molecule has 10 heteroatoms. The average Bonchev–Trinajstić information content (AvgIpc) is 2.98. The predicted molar refractivity (Wildman–Crippen MR) is 197 cm³/mol. The van der Waals surface area contributed by atoms with Gasteiger partial charge in [-0.1, -0.05) is 39.8 Å². The van der Waals surface area contributed by atoms with Gasteiger partial charge in [0, 0.05) is 69.7 Å². The standard InChI is InChI=1S/C38H50N4O6/c1-19(2)27-23-15-21(5)29(35(45)31(23)25(33(43)37(27)47)17-39-11-13-41(7)8)30-22(6)16-24-28(20(3)4)38(48)34(44)26(32(24)36(30)46)18-40-12-14-42(9)10/h15-20,43-48H,11-14H2,1-10H3. The Balaban J connectivity index is 2.16. The van der Waals surface area contributed by atoms with Gasteiger partial charge in [-0.15, -0.1) is 0 Å². The van der Waals surface area contributed by atoms with Crippen LogP contribution in [0.5, 0.6) is 34.5 Å². The molecule has 258 valence electrons. The molecule has 0 atom stereocenters. The maximum absolute atomic E-state index is 12.2. The molecule has 0 amide bonds. The lowest BCUT2D eigenvalue weighted by molar-refractivity contribution is 0.398. The lowest BCUT2D eigenvalue weighted by Gasteiger charge is -2.23. The lowest BCUT2D eigenvalue weighted by Crippen LogP contribution is -2.15. The summed E-state index contributed by atoms with van der Waals surface area (Å²) in [5.74, 6) is -2.08. The Hall–Kier alpha value is -4.54. The van der Waals surface area contributed by atoms with Gasteiger partial charge in [0.05, 0.1) is 13.1 Å². The Bertz CT molecular complexity index is 1790. The Morgan fingerprint density at radius 1 is 0.562 bits per heavy atom. The minimum absolute atomic E-state index is 0.167. The summed E-state index contributed by atoms with van der Waals surface area (Å²) in [7, 11) is 7.71. The van der Waals surface area contributed by atoms with Crippen molar-refractivity contribution in [2.24, 2.45) is 9.98 Å². The summed E-state index contributed by atoms with van der Waals surface area (Å²) in [5, 5.41) is 70.9. The van der Waals surface area contributed by atoms with Gasteiger partial charge in [0.15, 0.2) is 23.0 Å². The molecular weight excluding hydrogens is 608 g/mol. The fraction of sp³-hybridized carbons (Fsp3) is 0.421. The second-order valence-corrected chi connectivity index (χ2v) is 13.7. The highest BCUT2D eigenvalue weighted by Crippen LogP contribution is 2.54. The van der Waals surface area contributed by atoms with Crippen LogP contribution in [0.4, 0.5) is 0 Å². The van der Waals surface area contributed by atoms with Crippen LogP contribution in [0.25, 0.3) is 32.7 Å². The van der Waals surface area contributed by atoms with Crippen LogP contribution in [0.15, 0.2) is 22.1 Å². The second-order valence-electron chi connectivity index (χ2n) is 13.7. The molecule has 6 N–H and O–H groups in total. The van der Waals surface area contributed by atoms with Crippen LogP contribution < -0.4 is 0 Å². The van der Waals surface area contributed by atoms with E-state index in [4.69, 9.17) is 0 Å². The molecule has 10 nitrogen and oxygen atoms in total. The third kappa shape index (κ3) is 6.59. The normalized spacial score (nSPS) is 12.5. The summed E-state index contributed by atoms with van der Waals surface area (Å²) in [6.07, 6.45) is 2.93. The summed E-state index contributed by atoms with van der Waals surface area (Å²) in [4.78, 5) is 12.9. The minimum Gasteiger partial charge on any atom is -0.507 e. The number of rotatable bonds is 11. The van der Waals surface area contributed by atoms with Crippen molar-refractivity contribution in [2.45, 2.75) is 53.4 Å². The number of aryl methyl sites for hydroxylation is 2. The second kappa shape index (κ2) is 14.3. The first-order valence-corrected chi connectivity index (χ1v) is 16.3. The molecule has 0 saturated carbocycles. The Labute approximate surface area is 282 Å². The van der Waals surface area contributed by atoms with E-state index >= 15 is 0 Å². The van der Waals surface area contributed by atoms with E-state index in [0.717, 1.165) is 0 Å². The molecule has 0 fully saturated rings. The van der Waals surface area contributed by atoms with Crippen molar-refractivity contribution in [1.82, 2.24) is 9.80 Å². The number of phenolic OH excluding ortho intramolecular Hbond substituents is 6. The molecule has 0 aliphatic heterocycles. The van der Waals surface area contributed by atoms with Crippen LogP contribution in [-0.4, -0.2) is 107 Å². The van der Waals surface area contributed by atoms with E-state index in [0.29, 0.717) is 81.1 Å². The van der Waals surface area contributed by atoms with Gasteiger partial charge in [-0.05, 0) is 75.8 Å². The van der Waals surface area contributed by atoms with Gasteiger partial charge in [-0.3, -0.25) is 9.98 Å². The van der Waals surface area contributed by atoms with Crippen molar-refractivity contribution in [3.63, 3.8) is 0 Å². The number of hydrogen-bond donors (Lipinski definition) is 6. The molecule has 4 aromatic carbocycles. The number of benzene rings is 4. The molecule has 48 heavy (non-hydrogen) atoms. The topological polar surface area (TPSA) is 153 Å². The van der Waals surface area contributed by atoms with E-state index in [1.165, 1.54) is 12.4 Å². The molecule has 0 unspecified atom stereocenters. The largest absolute Gasteiger partial charge is 0.507 e. The Kier molecular flexibility index (Phi) is 10.8. The number of phenols is 6. The van der Waals surface area contributed by atoms with Gasteiger partial charge in [-0.25, -0.2) is 0 Å². The molecule has 0 radical (unpaired) electrons. The molecule has 4 aromatic rings. The van der Waals surface area contributed by atoms with Crippen LogP contribution in [0.1, 0.15) is 72.9 Å². The van der Waals surface area contributed by atoms with Crippen molar-refractivity contribution in [3.05, 3.63) is 45.5 Å². The summed E-state index contributed by atoms with van der Waals surface area (Å²) < 4.78 is 0. The number of likely N-dealkylation sites (N-methyl/N-ethyl adjacent to an activating group) is 2. The summed E-state index contributed by atoms with van der Waals surface area (Å²) in [5.41, 5.74) is 3.20. The van der Waals surface area contributed by atoms with E-state index < -0.39 is 0 Å². The maximum atomic E-state index is 12.2. The van der Waals surface area contributed by atoms with Crippen molar-refractivity contribution >= 4 is 34.0 Å². The smallest absolute Gasteiger partial charge is 0.167 e. The zero-order chi connectivity index (χ0) is 35.8. The van der Waals surface area contributed by atoms with E-state index in [9.17, 15) is 30.6 Å². The molecule has 4 rings (SSSR count). The van der Waals surface area contributed by atoms with Gasteiger partial charge < -0.3 is 40.4 Å². The molecule has 0 aliphatic rings. The quantitative estimate of drug-likeness (QED) is 0.0768. The third-order valence-electron chi connectivity index (χ3n) is 8.78. The number of fused-ring (bicyclic) bond motifs is 2. The zero-order valence-electron chi connectivity index (χ0n) is 29.8. The van der Waals surface area contributed by atoms with Gasteiger partial charge in [0.2, 0.25) is 0 Å². The monoisotopic (exact) mass is 658 g/mol. The molecular formula is C38H50N4O6. The van der Waals surface area contributed by atoms with Crippen LogP contribution in [0, 0.1) is 13.8 Å². The maximum Gasteiger partial charge on any atom is 0.167 e. The van der Waals surface area contributed by atoms with Gasteiger partial charge in [-0.2, -0.15) is 0 Å². The van der Waals surface area contributed by atoms with Crippen molar-refractivity contribution in [1.29, 1.82) is 0 Å². The summed E-state index contributed by atoms with van der Waals surface area (Å²) >= 11 is 0. The van der Waals surface area contributed by atoms with Crippen LogP contribution in [-0.2, 0) is 0 Å². The van der Waals surface area contributed by atoms with E-state index in [1.54, 1.807) is 0 Å². The fourth-order valence-electron chi connectivity index (χ4n) is 6.45. The molecule has 0 aromatic heterocycles. The number of aromatic hydroxyl groups is 6. The highest BCUT2D eigenvalue weighted by atomic mass is 16.3. The number of nitrogens with zero attached hydrogens (tertiary/aromatic N) is 4. The number of aliphatic imine (C=N–C) groups is 2. The predicted octanol–water partition coefficient (Wildman–Crippen LogP) is 6.72. The fourth-order valence-corrected chi connectivity index (χ4v) is 6.45. The summed E-state index contributed by atoms with van der Waals surface area (Å²) in [6.45, 7) is 13.4. The first-order valence-electron chi connectivity index (χ1n) is 16.3. The lowest BCUT2D eigenvalue weighted by atomic mass is 9.83. The first kappa shape index (κ1) is 36.3. The van der Waals surface area contributed by atoms with Crippen LogP contribution >= 0.6 is 0 Å². The van der Waals surface area contributed by atoms with Gasteiger partial charge >= 0.3 is 0 Å². The molecule has 0 saturated heterocycles. The van der Waals surface area contributed by atoms with Crippen LogP contribution in [0.2, 0.25) is 0 Å². The third-order valence-corrected chi connectivity index (χ3v) is 8.78. The SMILES string of the molecule is Cc1cc2c(C(C)C)c(O)c(O)c(C=NCCN(C)C)c2c(O)c1-c1c(C)cc2c(C(C)C)c(O)c(O)c(C=NCCN(C)C)c2c1O. The van der Waals surface area contributed by atoms with Crippen molar-refractivity contribution in [3.8, 4) is 45.6 Å². The minimum atomic E-state index is -0.387. The molecule has 0 heterocycles. The highest BCUT2D eigenvalue weighted by molar-refractivity contribution is 6.15. The van der Waals surface area contributed by atoms with Crippen molar-refractivity contribution < 1.29 is 30.6 Å². The van der Waals surface area contributed by atoms with Crippen LogP contribution in [0.3, 0.4) is 0 Å². The van der Waals surface area contributed by atoms with Gasteiger partial charge in [0.25, 0.3) is 0 Å². The van der Waals surface area contributed by atoms with E-state index in [2.05, 4.69) is 9.98 Å². The number of hydrogen-bond acceptors (Lipinski definition) is 10. The molecule has 0 aliphatic carbocycles. The average molecular weight is 659 g/mol. The zero-order valence-corrected chi connectivity index (χ0v) is 29.8. The highest BCUT2D eigenvalue weighted by Gasteiger charge is 2.29. The Morgan fingerprint density at radius 3 is 1.19 bits per heavy atom. The van der Waals surface area contributed by atoms with E-state index in [1.807, 2.05) is 91.7 Å². The molecule has 0 bridgehead atoms. The molecule has 0 spiro atoms.